The highest BCUT2D eigenvalue weighted by atomic mass is 16.2. The molecule has 1 aromatic heterocycles. The second-order valence-corrected chi connectivity index (χ2v) is 6.15. The van der Waals surface area contributed by atoms with Gasteiger partial charge in [0.15, 0.2) is 0 Å². The van der Waals surface area contributed by atoms with Gasteiger partial charge in [-0.05, 0) is 32.9 Å². The maximum Gasteiger partial charge on any atom is 0.317 e. The number of carbonyl (C=O) groups excluding carboxylic acids is 1. The maximum absolute atomic E-state index is 12.2. The summed E-state index contributed by atoms with van der Waals surface area (Å²) in [5.74, 6) is 0.593. The van der Waals surface area contributed by atoms with Crippen molar-refractivity contribution >= 4 is 6.03 Å². The van der Waals surface area contributed by atoms with Gasteiger partial charge in [0.05, 0.1) is 5.69 Å². The Morgan fingerprint density at radius 1 is 1.52 bits per heavy atom. The molecular weight excluding hydrogens is 266 g/mol. The molecule has 0 aliphatic carbocycles. The lowest BCUT2D eigenvalue weighted by atomic mass is 10.1. The van der Waals surface area contributed by atoms with E-state index in [1.165, 1.54) is 0 Å². The number of carbonyl (C=O) groups is 1. The van der Waals surface area contributed by atoms with E-state index >= 15 is 0 Å². The number of hydrogen-bond donors (Lipinski definition) is 1. The first-order valence-electron chi connectivity index (χ1n) is 7.68. The molecule has 1 fully saturated rings. The van der Waals surface area contributed by atoms with Crippen LogP contribution in [0.15, 0.2) is 6.20 Å². The van der Waals surface area contributed by atoms with Crippen LogP contribution >= 0.6 is 0 Å². The van der Waals surface area contributed by atoms with E-state index in [0.29, 0.717) is 12.5 Å². The van der Waals surface area contributed by atoms with Crippen LogP contribution in [0.4, 0.5) is 4.79 Å². The van der Waals surface area contributed by atoms with Gasteiger partial charge >= 0.3 is 6.03 Å². The zero-order chi connectivity index (χ0) is 15.4. The lowest BCUT2D eigenvalue weighted by Gasteiger charge is -2.19. The maximum atomic E-state index is 12.2. The molecule has 0 unspecified atom stereocenters. The van der Waals surface area contributed by atoms with Gasteiger partial charge in [-0.15, -0.1) is 0 Å². The summed E-state index contributed by atoms with van der Waals surface area (Å²) < 4.78 is 1.81. The van der Waals surface area contributed by atoms with Crippen molar-refractivity contribution in [2.24, 2.45) is 13.0 Å². The van der Waals surface area contributed by atoms with Gasteiger partial charge in [-0.3, -0.25) is 4.68 Å². The fraction of sp³-hybridized carbons (Fsp3) is 0.733. The van der Waals surface area contributed by atoms with Crippen molar-refractivity contribution in [1.82, 2.24) is 24.9 Å². The van der Waals surface area contributed by atoms with Crippen LogP contribution in [-0.4, -0.2) is 59.3 Å². The Morgan fingerprint density at radius 3 is 2.95 bits per heavy atom. The fourth-order valence-corrected chi connectivity index (χ4v) is 2.99. The minimum atomic E-state index is 0.0437. The molecule has 1 saturated heterocycles. The summed E-state index contributed by atoms with van der Waals surface area (Å²) in [7, 11) is 6.08. The van der Waals surface area contributed by atoms with Gasteiger partial charge in [-0.2, -0.15) is 5.10 Å². The third-order valence-corrected chi connectivity index (χ3v) is 3.95. The molecule has 1 aliphatic heterocycles. The van der Waals surface area contributed by atoms with Crippen LogP contribution in [0.5, 0.6) is 0 Å². The molecule has 0 spiro atoms. The normalized spacial score (nSPS) is 18.5. The molecule has 21 heavy (non-hydrogen) atoms. The van der Waals surface area contributed by atoms with E-state index in [-0.39, 0.29) is 6.03 Å². The smallest absolute Gasteiger partial charge is 0.317 e. The summed E-state index contributed by atoms with van der Waals surface area (Å²) in [5, 5.41) is 7.42. The lowest BCUT2D eigenvalue weighted by molar-refractivity contribution is 0.205. The average molecular weight is 293 g/mol. The molecule has 1 atom stereocenters. The molecule has 1 aromatic rings. The number of nitrogens with zero attached hydrogens (tertiary/aromatic N) is 4. The third kappa shape index (κ3) is 4.20. The Morgan fingerprint density at radius 2 is 2.29 bits per heavy atom. The highest BCUT2D eigenvalue weighted by Gasteiger charge is 2.26. The second-order valence-electron chi connectivity index (χ2n) is 6.15. The Kier molecular flexibility index (Phi) is 5.22. The van der Waals surface area contributed by atoms with Crippen LogP contribution < -0.4 is 5.32 Å². The van der Waals surface area contributed by atoms with Crippen LogP contribution in [0, 0.1) is 5.92 Å². The lowest BCUT2D eigenvalue weighted by Crippen LogP contribution is -2.38. The number of amides is 2. The number of aromatic nitrogens is 2. The number of nitrogens with one attached hydrogen (secondary N) is 1. The first-order chi connectivity index (χ1) is 9.99. The highest BCUT2D eigenvalue weighted by Crippen LogP contribution is 2.17. The van der Waals surface area contributed by atoms with E-state index in [0.717, 1.165) is 43.7 Å². The van der Waals surface area contributed by atoms with Crippen LogP contribution in [0.25, 0.3) is 0 Å². The summed E-state index contributed by atoms with van der Waals surface area (Å²) in [6.07, 6.45) is 3.97. The van der Waals surface area contributed by atoms with Crippen molar-refractivity contribution in [2.75, 3.05) is 33.7 Å². The first kappa shape index (κ1) is 15.8. The number of hydrogen-bond acceptors (Lipinski definition) is 3. The summed E-state index contributed by atoms with van der Waals surface area (Å²) in [4.78, 5) is 16.3. The van der Waals surface area contributed by atoms with Crippen molar-refractivity contribution in [3.63, 3.8) is 0 Å². The highest BCUT2D eigenvalue weighted by molar-refractivity contribution is 5.74. The molecule has 2 heterocycles. The summed E-state index contributed by atoms with van der Waals surface area (Å²) in [6.45, 7) is 5.41. The van der Waals surface area contributed by atoms with E-state index in [9.17, 15) is 4.79 Å². The third-order valence-electron chi connectivity index (χ3n) is 3.95. The minimum absolute atomic E-state index is 0.0437. The van der Waals surface area contributed by atoms with Gasteiger partial charge in [-0.25, -0.2) is 4.79 Å². The van der Waals surface area contributed by atoms with Crippen LogP contribution in [0.3, 0.4) is 0 Å². The Hall–Kier alpha value is -1.56. The van der Waals surface area contributed by atoms with Gasteiger partial charge in [0.1, 0.15) is 0 Å². The SMILES string of the molecule is CCc1nn(C)cc1CNC(=O)N1CC[C@@H](CN(C)C)C1. The summed E-state index contributed by atoms with van der Waals surface area (Å²) in [5.41, 5.74) is 2.17. The molecule has 6 nitrogen and oxygen atoms in total. The molecule has 0 aromatic carbocycles. The van der Waals surface area contributed by atoms with Gasteiger partial charge in [0.2, 0.25) is 0 Å². The minimum Gasteiger partial charge on any atom is -0.334 e. The largest absolute Gasteiger partial charge is 0.334 e. The molecule has 1 aliphatic rings. The fourth-order valence-electron chi connectivity index (χ4n) is 2.99. The van der Waals surface area contributed by atoms with E-state index in [2.05, 4.69) is 36.3 Å². The number of aryl methyl sites for hydroxylation is 2. The zero-order valence-corrected chi connectivity index (χ0v) is 13.6. The molecule has 2 amide bonds. The Balaban J connectivity index is 1.82. The van der Waals surface area contributed by atoms with Crippen LogP contribution in [0.1, 0.15) is 24.6 Å². The quantitative estimate of drug-likeness (QED) is 0.884. The average Bonchev–Trinajstić information content (AvgIpc) is 3.01. The van der Waals surface area contributed by atoms with Crippen molar-refractivity contribution in [2.45, 2.75) is 26.3 Å². The molecule has 0 radical (unpaired) electrons. The van der Waals surface area contributed by atoms with Crippen molar-refractivity contribution in [3.05, 3.63) is 17.5 Å². The van der Waals surface area contributed by atoms with E-state index in [1.54, 1.807) is 0 Å². The predicted molar refractivity (Wildman–Crippen MR) is 83.1 cm³/mol. The van der Waals surface area contributed by atoms with Crippen molar-refractivity contribution < 1.29 is 4.79 Å². The molecule has 0 saturated carbocycles. The van der Waals surface area contributed by atoms with E-state index in [1.807, 2.05) is 22.8 Å². The molecule has 1 N–H and O–H groups in total. The number of rotatable bonds is 5. The number of likely N-dealkylation sites (tertiary alicyclic amines) is 1. The van der Waals surface area contributed by atoms with Crippen molar-refractivity contribution in [3.8, 4) is 0 Å². The molecule has 6 heteroatoms. The monoisotopic (exact) mass is 293 g/mol. The Bertz CT molecular complexity index is 482. The summed E-state index contributed by atoms with van der Waals surface area (Å²) in [6, 6.07) is 0.0437. The van der Waals surface area contributed by atoms with Gasteiger partial charge < -0.3 is 15.1 Å². The molecular formula is C15H27N5O. The Labute approximate surface area is 127 Å². The van der Waals surface area contributed by atoms with Crippen molar-refractivity contribution in [1.29, 1.82) is 0 Å². The predicted octanol–water partition coefficient (Wildman–Crippen LogP) is 1.08. The number of urea groups is 1. The van der Waals surface area contributed by atoms with E-state index < -0.39 is 0 Å². The van der Waals surface area contributed by atoms with Gasteiger partial charge in [0, 0.05) is 45.0 Å². The first-order valence-corrected chi connectivity index (χ1v) is 7.68. The van der Waals surface area contributed by atoms with Gasteiger partial charge in [-0.1, -0.05) is 6.92 Å². The molecule has 118 valence electrons. The topological polar surface area (TPSA) is 53.4 Å². The standard InChI is InChI=1S/C15H27N5O/c1-5-14-13(11-19(4)17-14)8-16-15(21)20-7-6-12(10-20)9-18(2)3/h11-12H,5-10H2,1-4H3,(H,16,21)/t12-/m0/s1. The molecule has 0 bridgehead atoms. The zero-order valence-electron chi connectivity index (χ0n) is 13.6. The van der Waals surface area contributed by atoms with E-state index in [4.69, 9.17) is 0 Å². The van der Waals surface area contributed by atoms with Crippen LogP contribution in [-0.2, 0) is 20.0 Å². The second kappa shape index (κ2) is 6.93. The summed E-state index contributed by atoms with van der Waals surface area (Å²) >= 11 is 0. The van der Waals surface area contributed by atoms with Gasteiger partial charge in [0.25, 0.3) is 0 Å². The van der Waals surface area contributed by atoms with Crippen LogP contribution in [0.2, 0.25) is 0 Å². The molecule has 2 rings (SSSR count).